The van der Waals surface area contributed by atoms with Crippen LogP contribution in [0, 0.1) is 5.92 Å². The van der Waals surface area contributed by atoms with E-state index in [0.29, 0.717) is 25.8 Å². The van der Waals surface area contributed by atoms with Crippen molar-refractivity contribution in [2.24, 2.45) is 5.92 Å². The molecule has 0 saturated carbocycles. The van der Waals surface area contributed by atoms with Gasteiger partial charge in [0.05, 0.1) is 24.3 Å². The normalized spacial score (nSPS) is 22.2. The summed E-state index contributed by atoms with van der Waals surface area (Å²) in [5, 5.41) is 30.8. The molecule has 4 aromatic carbocycles. The number of carbonyl (C=O) groups is 2. The number of carbonyl (C=O) groups excluding carboxylic acids is 2. The molecule has 6 atom stereocenters. The van der Waals surface area contributed by atoms with Crippen molar-refractivity contribution in [2.75, 3.05) is 13.1 Å². The Balaban J connectivity index is 1.17. The largest absolute Gasteiger partial charge is 0.489 e. The average Bonchev–Trinajstić information content (AvgIpc) is 3.59. The van der Waals surface area contributed by atoms with Crippen molar-refractivity contribution in [3.8, 4) is 5.75 Å². The molecule has 4 N–H and O–H groups in total. The molecule has 2 aliphatic rings. The Morgan fingerprint density at radius 3 is 2.42 bits per heavy atom. The van der Waals surface area contributed by atoms with Gasteiger partial charge in [-0.25, -0.2) is 0 Å². The molecule has 1 unspecified atom stereocenters. The molecular weight excluding hydrogens is 602 g/mol. The van der Waals surface area contributed by atoms with Crippen LogP contribution in [0.15, 0.2) is 97.1 Å². The number of rotatable bonds is 11. The molecule has 1 fully saturated rings. The maximum Gasteiger partial charge on any atom is 0.237 e. The first-order valence-corrected chi connectivity index (χ1v) is 17.0. The smallest absolute Gasteiger partial charge is 0.237 e. The Morgan fingerprint density at radius 1 is 0.938 bits per heavy atom. The van der Waals surface area contributed by atoms with E-state index in [1.165, 1.54) is 0 Å². The lowest BCUT2D eigenvalue weighted by atomic mass is 9.91. The zero-order valence-electron chi connectivity index (χ0n) is 28.0. The SMILES string of the molecule is CC(C)(C)NC(=O)C1C[C@H](Oc2ccc3ccccc3c2)CN1C[C@@H](O)C[C@@H](Cc1ccccc1)C(=O)N[C@H]1c2ccccc2C[C@H]1O. The third-order valence-electron chi connectivity index (χ3n) is 9.39. The number of amides is 2. The van der Waals surface area contributed by atoms with E-state index < -0.39 is 35.7 Å². The predicted octanol–water partition coefficient (Wildman–Crippen LogP) is 4.96. The Bertz CT molecular complexity index is 1720. The van der Waals surface area contributed by atoms with Gasteiger partial charge in [-0.1, -0.05) is 84.9 Å². The van der Waals surface area contributed by atoms with Gasteiger partial charge in [0.2, 0.25) is 11.8 Å². The van der Waals surface area contributed by atoms with Gasteiger partial charge in [0.1, 0.15) is 11.9 Å². The fraction of sp³-hybridized carbons (Fsp3) is 0.400. The van der Waals surface area contributed by atoms with Crippen LogP contribution < -0.4 is 15.4 Å². The number of ether oxygens (including phenoxy) is 1. The summed E-state index contributed by atoms with van der Waals surface area (Å²) < 4.78 is 6.43. The number of nitrogens with zero attached hydrogens (tertiary/aromatic N) is 1. The summed E-state index contributed by atoms with van der Waals surface area (Å²) in [5.74, 6) is -0.116. The minimum absolute atomic E-state index is 0.105. The molecule has 48 heavy (non-hydrogen) atoms. The maximum absolute atomic E-state index is 13.9. The predicted molar refractivity (Wildman–Crippen MR) is 188 cm³/mol. The van der Waals surface area contributed by atoms with Crippen molar-refractivity contribution in [1.29, 1.82) is 0 Å². The third-order valence-corrected chi connectivity index (χ3v) is 9.39. The summed E-state index contributed by atoms with van der Waals surface area (Å²) >= 11 is 0. The summed E-state index contributed by atoms with van der Waals surface area (Å²) in [4.78, 5) is 29.4. The van der Waals surface area contributed by atoms with Crippen molar-refractivity contribution >= 4 is 22.6 Å². The van der Waals surface area contributed by atoms with Gasteiger partial charge in [-0.05, 0) is 73.2 Å². The molecule has 0 aromatic heterocycles. The lowest BCUT2D eigenvalue weighted by molar-refractivity contribution is -0.129. The van der Waals surface area contributed by atoms with Gasteiger partial charge < -0.3 is 25.6 Å². The van der Waals surface area contributed by atoms with Crippen LogP contribution in [0.5, 0.6) is 5.75 Å². The fourth-order valence-corrected chi connectivity index (χ4v) is 7.18. The van der Waals surface area contributed by atoms with E-state index in [1.807, 2.05) is 117 Å². The zero-order valence-corrected chi connectivity index (χ0v) is 28.0. The summed E-state index contributed by atoms with van der Waals surface area (Å²) in [7, 11) is 0. The highest BCUT2D eigenvalue weighted by molar-refractivity contribution is 5.84. The monoisotopic (exact) mass is 649 g/mol. The number of fused-ring (bicyclic) bond motifs is 2. The fourth-order valence-electron chi connectivity index (χ4n) is 7.18. The van der Waals surface area contributed by atoms with Crippen LogP contribution >= 0.6 is 0 Å². The van der Waals surface area contributed by atoms with E-state index in [0.717, 1.165) is 33.2 Å². The topological polar surface area (TPSA) is 111 Å². The first-order valence-electron chi connectivity index (χ1n) is 17.0. The van der Waals surface area contributed by atoms with Gasteiger partial charge in [-0.3, -0.25) is 14.5 Å². The molecule has 1 heterocycles. The van der Waals surface area contributed by atoms with Crippen molar-refractivity contribution in [2.45, 2.75) is 82.4 Å². The number of hydrogen-bond donors (Lipinski definition) is 4. The Morgan fingerprint density at radius 2 is 1.65 bits per heavy atom. The van der Waals surface area contributed by atoms with E-state index in [4.69, 9.17) is 4.74 Å². The molecule has 1 saturated heterocycles. The molecule has 4 aromatic rings. The molecule has 6 rings (SSSR count). The summed E-state index contributed by atoms with van der Waals surface area (Å²) in [6.45, 7) is 6.54. The lowest BCUT2D eigenvalue weighted by Crippen LogP contribution is -2.51. The van der Waals surface area contributed by atoms with E-state index in [2.05, 4.69) is 16.7 Å². The standard InChI is InChI=1S/C40H47N3O5/c1-40(2,3)42-39(47)35-23-33(48-32-18-17-27-13-7-8-14-28(27)21-32)25-43(35)24-31(44)20-30(19-26-11-5-4-6-12-26)38(46)41-37-34-16-10-9-15-29(34)22-36(37)45/h4-18,21,30-31,33,35-37,44-45H,19-20,22-25H2,1-3H3,(H,41,46)(H,42,47)/t30-,31+,33+,35?,36-,37+/m1/s1. The quantitative estimate of drug-likeness (QED) is 0.183. The summed E-state index contributed by atoms with van der Waals surface area (Å²) in [5.41, 5.74) is 2.54. The molecule has 2 amide bonds. The van der Waals surface area contributed by atoms with Crippen molar-refractivity contribution in [3.63, 3.8) is 0 Å². The first-order chi connectivity index (χ1) is 23.0. The molecule has 0 radical (unpaired) electrons. The first kappa shape index (κ1) is 33.7. The molecule has 8 nitrogen and oxygen atoms in total. The second kappa shape index (κ2) is 14.5. The van der Waals surface area contributed by atoms with Gasteiger partial charge >= 0.3 is 0 Å². The lowest BCUT2D eigenvalue weighted by Gasteiger charge is -2.30. The zero-order chi connectivity index (χ0) is 33.8. The van der Waals surface area contributed by atoms with Crippen LogP contribution in [-0.2, 0) is 22.4 Å². The molecule has 0 spiro atoms. The van der Waals surface area contributed by atoms with E-state index in [-0.39, 0.29) is 30.9 Å². The Hall–Kier alpha value is -4.24. The number of hydrogen-bond acceptors (Lipinski definition) is 6. The van der Waals surface area contributed by atoms with E-state index in [1.54, 1.807) is 0 Å². The van der Waals surface area contributed by atoms with Crippen LogP contribution in [0.3, 0.4) is 0 Å². The van der Waals surface area contributed by atoms with E-state index in [9.17, 15) is 19.8 Å². The van der Waals surface area contributed by atoms with Gasteiger partial charge in [0, 0.05) is 37.4 Å². The Labute approximate surface area is 283 Å². The van der Waals surface area contributed by atoms with Crippen LogP contribution in [0.2, 0.25) is 0 Å². The number of nitrogens with one attached hydrogen (secondary N) is 2. The van der Waals surface area contributed by atoms with Gasteiger partial charge in [-0.2, -0.15) is 0 Å². The molecule has 8 heteroatoms. The van der Waals surface area contributed by atoms with Crippen LogP contribution in [0.1, 0.15) is 56.3 Å². The highest BCUT2D eigenvalue weighted by Gasteiger charge is 2.40. The van der Waals surface area contributed by atoms with Crippen molar-refractivity contribution < 1.29 is 24.5 Å². The molecule has 0 bridgehead atoms. The van der Waals surface area contributed by atoms with Crippen LogP contribution in [0.25, 0.3) is 10.8 Å². The molecule has 1 aliphatic heterocycles. The third kappa shape index (κ3) is 8.24. The Kier molecular flexibility index (Phi) is 10.2. The number of benzene rings is 4. The average molecular weight is 650 g/mol. The number of β-amino-alcohol motifs (C(OH)–C–C–N with tert-alkyl or cyclic N) is 1. The maximum atomic E-state index is 13.9. The second-order valence-corrected chi connectivity index (χ2v) is 14.4. The van der Waals surface area contributed by atoms with Crippen molar-refractivity contribution in [3.05, 3.63) is 114 Å². The van der Waals surface area contributed by atoms with Crippen LogP contribution in [0.4, 0.5) is 0 Å². The number of aliphatic hydroxyl groups excluding tert-OH is 2. The van der Waals surface area contributed by atoms with Crippen molar-refractivity contribution in [1.82, 2.24) is 15.5 Å². The minimum Gasteiger partial charge on any atom is -0.489 e. The highest BCUT2D eigenvalue weighted by Crippen LogP contribution is 2.32. The molecule has 252 valence electrons. The van der Waals surface area contributed by atoms with E-state index >= 15 is 0 Å². The van der Waals surface area contributed by atoms with Gasteiger partial charge in [0.15, 0.2) is 0 Å². The highest BCUT2D eigenvalue weighted by atomic mass is 16.5. The molecular formula is C40H47N3O5. The van der Waals surface area contributed by atoms with Crippen LogP contribution in [-0.4, -0.2) is 69.9 Å². The second-order valence-electron chi connectivity index (χ2n) is 14.4. The number of likely N-dealkylation sites (tertiary alicyclic amines) is 1. The molecule has 1 aliphatic carbocycles. The minimum atomic E-state index is -0.880. The summed E-state index contributed by atoms with van der Waals surface area (Å²) in [6.07, 6.45) is -0.228. The van der Waals surface area contributed by atoms with Gasteiger partial charge in [-0.15, -0.1) is 0 Å². The van der Waals surface area contributed by atoms with Gasteiger partial charge in [0.25, 0.3) is 0 Å². The number of aliphatic hydroxyl groups is 2. The summed E-state index contributed by atoms with van der Waals surface area (Å²) in [6, 6.07) is 30.7.